The van der Waals surface area contributed by atoms with Crippen molar-refractivity contribution in [3.05, 3.63) is 59.7 Å². The van der Waals surface area contributed by atoms with Crippen LogP contribution in [-0.2, 0) is 16.6 Å². The monoisotopic (exact) mass is 403 g/mol. The molecular weight excluding hydrogens is 378 g/mol. The first-order valence-corrected chi connectivity index (χ1v) is 10.5. The van der Waals surface area contributed by atoms with E-state index in [9.17, 15) is 18.3 Å². The number of benzene rings is 2. The number of sulfonamides is 1. The Morgan fingerprint density at radius 3 is 2.25 bits per heavy atom. The molecule has 1 fully saturated rings. The second-order valence-electron chi connectivity index (χ2n) is 7.02. The third-order valence-corrected chi connectivity index (χ3v) is 6.77. The first kappa shape index (κ1) is 20.3. The average molecular weight is 404 g/mol. The zero-order chi connectivity index (χ0) is 20.3. The number of anilines is 1. The summed E-state index contributed by atoms with van der Waals surface area (Å²) in [4.78, 5) is 15.7. The number of rotatable bonds is 6. The lowest BCUT2D eigenvalue weighted by Crippen LogP contribution is -2.46. The van der Waals surface area contributed by atoms with Gasteiger partial charge in [0.1, 0.15) is 4.90 Å². The Kier molecular flexibility index (Phi) is 6.02. The molecule has 0 bridgehead atoms. The van der Waals surface area contributed by atoms with E-state index in [2.05, 4.69) is 17.0 Å². The van der Waals surface area contributed by atoms with Crippen LogP contribution in [0.15, 0.2) is 53.4 Å². The van der Waals surface area contributed by atoms with Crippen LogP contribution in [0.1, 0.15) is 15.9 Å². The highest BCUT2D eigenvalue weighted by atomic mass is 32.2. The summed E-state index contributed by atoms with van der Waals surface area (Å²) in [6.07, 6.45) is 0. The second kappa shape index (κ2) is 8.30. The highest BCUT2D eigenvalue weighted by Crippen LogP contribution is 2.29. The summed E-state index contributed by atoms with van der Waals surface area (Å²) < 4.78 is 26.7. The van der Waals surface area contributed by atoms with Crippen LogP contribution in [0.3, 0.4) is 0 Å². The molecule has 0 spiro atoms. The second-order valence-corrected chi connectivity index (χ2v) is 9.14. The minimum Gasteiger partial charge on any atom is -0.478 e. The Morgan fingerprint density at radius 1 is 1.04 bits per heavy atom. The predicted molar refractivity (Wildman–Crippen MR) is 108 cm³/mol. The number of aromatic carboxylic acids is 1. The van der Waals surface area contributed by atoms with Crippen LogP contribution in [0.25, 0.3) is 0 Å². The third-order valence-electron chi connectivity index (χ3n) is 4.93. The SMILES string of the molecule is CN(C)S(=O)(=O)c1cc(C(=O)O)ccc1N1CCN(Cc2ccccc2)CC1. The summed E-state index contributed by atoms with van der Waals surface area (Å²) in [5.41, 5.74) is 1.77. The molecule has 3 rings (SSSR count). The third kappa shape index (κ3) is 4.35. The first-order valence-electron chi connectivity index (χ1n) is 9.10. The van der Waals surface area contributed by atoms with Crippen LogP contribution < -0.4 is 4.90 Å². The maximum Gasteiger partial charge on any atom is 0.335 e. The molecule has 0 amide bonds. The number of hydrogen-bond acceptors (Lipinski definition) is 5. The molecule has 2 aromatic rings. The van der Waals surface area contributed by atoms with Gasteiger partial charge in [-0.15, -0.1) is 0 Å². The van der Waals surface area contributed by atoms with E-state index in [0.717, 1.165) is 23.9 Å². The summed E-state index contributed by atoms with van der Waals surface area (Å²) in [5.74, 6) is -1.14. The van der Waals surface area contributed by atoms with Crippen molar-refractivity contribution in [2.75, 3.05) is 45.2 Å². The molecule has 28 heavy (non-hydrogen) atoms. The lowest BCUT2D eigenvalue weighted by molar-refractivity contribution is 0.0696. The largest absolute Gasteiger partial charge is 0.478 e. The van der Waals surface area contributed by atoms with Crippen molar-refractivity contribution in [1.29, 1.82) is 0 Å². The fraction of sp³-hybridized carbons (Fsp3) is 0.350. The lowest BCUT2D eigenvalue weighted by atomic mass is 10.1. The van der Waals surface area contributed by atoms with E-state index >= 15 is 0 Å². The van der Waals surface area contributed by atoms with Crippen LogP contribution in [0.2, 0.25) is 0 Å². The molecular formula is C20H25N3O4S. The Labute approximate surface area is 165 Å². The van der Waals surface area contributed by atoms with Crippen LogP contribution in [0, 0.1) is 0 Å². The Balaban J connectivity index is 1.81. The molecule has 0 radical (unpaired) electrons. The molecule has 0 aliphatic carbocycles. The number of carboxylic acid groups (broad SMARTS) is 1. The number of carboxylic acids is 1. The zero-order valence-electron chi connectivity index (χ0n) is 16.1. The first-order chi connectivity index (χ1) is 13.3. The fourth-order valence-corrected chi connectivity index (χ4v) is 4.43. The number of hydrogen-bond donors (Lipinski definition) is 1. The highest BCUT2D eigenvalue weighted by Gasteiger charge is 2.27. The van der Waals surface area contributed by atoms with Gasteiger partial charge >= 0.3 is 5.97 Å². The van der Waals surface area contributed by atoms with Crippen LogP contribution >= 0.6 is 0 Å². The molecule has 8 heteroatoms. The van der Waals surface area contributed by atoms with Crippen molar-refractivity contribution < 1.29 is 18.3 Å². The van der Waals surface area contributed by atoms with Gasteiger partial charge in [0.15, 0.2) is 0 Å². The summed E-state index contributed by atoms with van der Waals surface area (Å²) in [5, 5.41) is 9.26. The molecule has 1 heterocycles. The molecule has 0 atom stereocenters. The van der Waals surface area contributed by atoms with Gasteiger partial charge < -0.3 is 10.0 Å². The predicted octanol–water partition coefficient (Wildman–Crippen LogP) is 1.96. The highest BCUT2D eigenvalue weighted by molar-refractivity contribution is 7.89. The van der Waals surface area contributed by atoms with Crippen molar-refractivity contribution in [2.45, 2.75) is 11.4 Å². The maximum atomic E-state index is 12.8. The van der Waals surface area contributed by atoms with Crippen LogP contribution in [0.4, 0.5) is 5.69 Å². The number of carbonyl (C=O) groups is 1. The summed E-state index contributed by atoms with van der Waals surface area (Å²) >= 11 is 0. The molecule has 0 saturated carbocycles. The number of piperazine rings is 1. The summed E-state index contributed by atoms with van der Waals surface area (Å²) in [6, 6.07) is 14.5. The van der Waals surface area contributed by atoms with E-state index in [-0.39, 0.29) is 10.5 Å². The van der Waals surface area contributed by atoms with Crippen molar-refractivity contribution >= 4 is 21.7 Å². The average Bonchev–Trinajstić information content (AvgIpc) is 2.69. The van der Waals surface area contributed by atoms with E-state index in [1.54, 1.807) is 6.07 Å². The zero-order valence-corrected chi connectivity index (χ0v) is 16.9. The minimum atomic E-state index is -3.76. The van der Waals surface area contributed by atoms with Crippen LogP contribution in [-0.4, -0.2) is 69.0 Å². The van der Waals surface area contributed by atoms with Crippen LogP contribution in [0.5, 0.6) is 0 Å². The van der Waals surface area contributed by atoms with E-state index in [1.807, 2.05) is 23.1 Å². The molecule has 1 saturated heterocycles. The molecule has 7 nitrogen and oxygen atoms in total. The summed E-state index contributed by atoms with van der Waals surface area (Å²) in [7, 11) is -0.863. The lowest BCUT2D eigenvalue weighted by Gasteiger charge is -2.37. The maximum absolute atomic E-state index is 12.8. The normalized spacial score (nSPS) is 15.8. The topological polar surface area (TPSA) is 81.2 Å². The van der Waals surface area contributed by atoms with Gasteiger partial charge in [-0.25, -0.2) is 17.5 Å². The molecule has 1 aliphatic rings. The molecule has 0 aromatic heterocycles. The van der Waals surface area contributed by atoms with Gasteiger partial charge in [0.2, 0.25) is 10.0 Å². The smallest absolute Gasteiger partial charge is 0.335 e. The van der Waals surface area contributed by atoms with E-state index in [4.69, 9.17) is 0 Å². The van der Waals surface area contributed by atoms with Gasteiger partial charge in [-0.2, -0.15) is 0 Å². The van der Waals surface area contributed by atoms with Crippen molar-refractivity contribution in [3.63, 3.8) is 0 Å². The molecule has 0 unspecified atom stereocenters. The van der Waals surface area contributed by atoms with Gasteiger partial charge in [0.05, 0.1) is 11.3 Å². The molecule has 1 N–H and O–H groups in total. The Morgan fingerprint density at radius 2 is 1.68 bits per heavy atom. The van der Waals surface area contributed by atoms with E-state index in [1.165, 1.54) is 31.8 Å². The molecule has 2 aromatic carbocycles. The van der Waals surface area contributed by atoms with E-state index < -0.39 is 16.0 Å². The quantitative estimate of drug-likeness (QED) is 0.794. The fourth-order valence-electron chi connectivity index (χ4n) is 3.30. The summed E-state index contributed by atoms with van der Waals surface area (Å²) in [6.45, 7) is 3.81. The molecule has 1 aliphatic heterocycles. The van der Waals surface area contributed by atoms with Gasteiger partial charge in [-0.1, -0.05) is 30.3 Å². The van der Waals surface area contributed by atoms with E-state index in [0.29, 0.717) is 18.8 Å². The van der Waals surface area contributed by atoms with Crippen molar-refractivity contribution in [1.82, 2.24) is 9.21 Å². The van der Waals surface area contributed by atoms with Gasteiger partial charge in [0.25, 0.3) is 0 Å². The Hall–Kier alpha value is -2.42. The van der Waals surface area contributed by atoms with Crippen molar-refractivity contribution in [3.8, 4) is 0 Å². The minimum absolute atomic E-state index is 0.0353. The van der Waals surface area contributed by atoms with Gasteiger partial charge in [-0.05, 0) is 23.8 Å². The molecule has 150 valence electrons. The van der Waals surface area contributed by atoms with Gasteiger partial charge in [0, 0.05) is 46.8 Å². The van der Waals surface area contributed by atoms with Crippen molar-refractivity contribution in [2.24, 2.45) is 0 Å². The Bertz CT molecular complexity index is 937. The standard InChI is InChI=1S/C20H25N3O4S/c1-21(2)28(26,27)19-14-17(20(24)25)8-9-18(19)23-12-10-22(11-13-23)15-16-6-4-3-5-7-16/h3-9,14H,10-13,15H2,1-2H3,(H,24,25). The van der Waals surface area contributed by atoms with Gasteiger partial charge in [-0.3, -0.25) is 4.90 Å². The number of nitrogens with zero attached hydrogens (tertiary/aromatic N) is 3.